The average Bonchev–Trinajstić information content (AvgIpc) is 3.08. The lowest BCUT2D eigenvalue weighted by Crippen LogP contribution is -2.62. The molecule has 1 amide bonds. The Balaban J connectivity index is 1.61. The van der Waals surface area contributed by atoms with Gasteiger partial charge < -0.3 is 16.0 Å². The lowest BCUT2D eigenvalue weighted by molar-refractivity contribution is -0.134. The van der Waals surface area contributed by atoms with Crippen molar-refractivity contribution in [2.45, 2.75) is 55.6 Å². The Labute approximate surface area is 160 Å². The third-order valence-electron chi connectivity index (χ3n) is 6.93. The van der Waals surface area contributed by atoms with E-state index in [2.05, 4.69) is 46.6 Å². The van der Waals surface area contributed by atoms with Crippen LogP contribution in [0.2, 0.25) is 0 Å². The average molecular weight is 361 g/mol. The molecular weight excluding hydrogens is 334 g/mol. The minimum atomic E-state index is -1.07. The molecule has 0 unspecified atom stereocenters. The molecule has 0 bridgehead atoms. The molecule has 1 saturated heterocycles. The van der Waals surface area contributed by atoms with Crippen LogP contribution >= 0.6 is 0 Å². The molecule has 27 heavy (non-hydrogen) atoms. The van der Waals surface area contributed by atoms with Gasteiger partial charge in [-0.05, 0) is 36.5 Å². The first kappa shape index (κ1) is 16.8. The number of benzene rings is 2. The first-order chi connectivity index (χ1) is 13.1. The molecule has 2 aromatic carbocycles. The van der Waals surface area contributed by atoms with Crippen LogP contribution in [0, 0.1) is 0 Å². The molecule has 2 fully saturated rings. The second-order valence-corrected chi connectivity index (χ2v) is 8.45. The first-order valence-electron chi connectivity index (χ1n) is 10.2. The fourth-order valence-electron chi connectivity index (χ4n) is 5.53. The lowest BCUT2D eigenvalue weighted by atomic mass is 9.70. The molecule has 0 aromatic heterocycles. The zero-order chi connectivity index (χ0) is 18.5. The van der Waals surface area contributed by atoms with Gasteiger partial charge in [-0.3, -0.25) is 4.79 Å². The number of anilines is 1. The lowest BCUT2D eigenvalue weighted by Gasteiger charge is -2.35. The number of rotatable bonds is 3. The number of para-hydroxylation sites is 1. The number of carbonyl (C=O) groups is 1. The SMILES string of the molecule is N[C@@]12Nc3ccccc3[C@]1(Cc1ccccc1)CN(C1CCCCC1)C2=O. The minimum absolute atomic E-state index is 0.0709. The molecule has 5 rings (SSSR count). The van der Waals surface area contributed by atoms with Gasteiger partial charge in [-0.15, -0.1) is 0 Å². The molecule has 0 spiro atoms. The highest BCUT2D eigenvalue weighted by Crippen LogP contribution is 2.53. The maximum absolute atomic E-state index is 13.6. The number of hydrogen-bond acceptors (Lipinski definition) is 3. The van der Waals surface area contributed by atoms with E-state index in [0.717, 1.165) is 24.9 Å². The van der Waals surface area contributed by atoms with E-state index in [9.17, 15) is 4.79 Å². The van der Waals surface area contributed by atoms with Gasteiger partial charge in [-0.25, -0.2) is 0 Å². The summed E-state index contributed by atoms with van der Waals surface area (Å²) in [6, 6.07) is 19.0. The van der Waals surface area contributed by atoms with Gasteiger partial charge in [0.05, 0.1) is 5.41 Å². The summed E-state index contributed by atoms with van der Waals surface area (Å²) in [7, 11) is 0. The topological polar surface area (TPSA) is 58.4 Å². The molecule has 4 nitrogen and oxygen atoms in total. The maximum atomic E-state index is 13.6. The number of fused-ring (bicyclic) bond motifs is 3. The fraction of sp³-hybridized carbons (Fsp3) is 0.435. The van der Waals surface area contributed by atoms with E-state index in [1.165, 1.54) is 30.4 Å². The van der Waals surface area contributed by atoms with Crippen LogP contribution in [0.15, 0.2) is 54.6 Å². The zero-order valence-electron chi connectivity index (χ0n) is 15.7. The molecule has 0 radical (unpaired) electrons. The van der Waals surface area contributed by atoms with Crippen molar-refractivity contribution in [2.24, 2.45) is 5.73 Å². The Morgan fingerprint density at radius 3 is 2.48 bits per heavy atom. The molecule has 2 heterocycles. The molecule has 1 aliphatic carbocycles. The summed E-state index contributed by atoms with van der Waals surface area (Å²) >= 11 is 0. The number of nitrogens with zero attached hydrogens (tertiary/aromatic N) is 1. The number of nitrogens with one attached hydrogen (secondary N) is 1. The van der Waals surface area contributed by atoms with Crippen molar-refractivity contribution in [3.63, 3.8) is 0 Å². The third-order valence-corrected chi connectivity index (χ3v) is 6.93. The van der Waals surface area contributed by atoms with E-state index < -0.39 is 11.1 Å². The maximum Gasteiger partial charge on any atom is 0.264 e. The first-order valence-corrected chi connectivity index (χ1v) is 10.2. The van der Waals surface area contributed by atoms with Gasteiger partial charge in [0.2, 0.25) is 0 Å². The highest BCUT2D eigenvalue weighted by atomic mass is 16.2. The summed E-state index contributed by atoms with van der Waals surface area (Å²) in [6.07, 6.45) is 6.67. The standard InChI is InChI=1S/C23H27N3O/c24-23-21(27)26(18-11-5-2-6-12-18)16-22(23,15-17-9-3-1-4-10-17)19-13-7-8-14-20(19)25-23/h1,3-4,7-10,13-14,18,25H,2,5-6,11-12,15-16,24H2/t22-,23-/m0/s1. The summed E-state index contributed by atoms with van der Waals surface area (Å²) in [6.45, 7) is 0.700. The highest BCUT2D eigenvalue weighted by Gasteiger charge is 2.67. The summed E-state index contributed by atoms with van der Waals surface area (Å²) in [5, 5.41) is 3.44. The van der Waals surface area contributed by atoms with Crippen LogP contribution in [0.3, 0.4) is 0 Å². The van der Waals surface area contributed by atoms with Gasteiger partial charge in [0.1, 0.15) is 0 Å². The predicted octanol–water partition coefficient (Wildman–Crippen LogP) is 3.42. The van der Waals surface area contributed by atoms with Crippen LogP contribution in [-0.2, 0) is 16.6 Å². The molecule has 4 heteroatoms. The Bertz CT molecular complexity index is 861. The summed E-state index contributed by atoms with van der Waals surface area (Å²) in [4.78, 5) is 15.7. The highest BCUT2D eigenvalue weighted by molar-refractivity contribution is 5.97. The molecule has 2 aromatic rings. The fourth-order valence-corrected chi connectivity index (χ4v) is 5.53. The Kier molecular flexibility index (Phi) is 3.80. The van der Waals surface area contributed by atoms with Gasteiger partial charge in [0.15, 0.2) is 5.66 Å². The van der Waals surface area contributed by atoms with Crippen molar-refractivity contribution in [3.05, 3.63) is 65.7 Å². The zero-order valence-corrected chi connectivity index (χ0v) is 15.7. The van der Waals surface area contributed by atoms with Crippen LogP contribution in [0.5, 0.6) is 0 Å². The normalized spacial score (nSPS) is 30.1. The van der Waals surface area contributed by atoms with Crippen molar-refractivity contribution < 1.29 is 4.79 Å². The molecule has 3 N–H and O–H groups in total. The van der Waals surface area contributed by atoms with Crippen LogP contribution < -0.4 is 11.1 Å². The van der Waals surface area contributed by atoms with Gasteiger partial charge in [-0.1, -0.05) is 67.8 Å². The van der Waals surface area contributed by atoms with Gasteiger partial charge in [-0.2, -0.15) is 0 Å². The Morgan fingerprint density at radius 1 is 1.00 bits per heavy atom. The van der Waals surface area contributed by atoms with Gasteiger partial charge >= 0.3 is 0 Å². The van der Waals surface area contributed by atoms with Crippen LogP contribution in [0.25, 0.3) is 0 Å². The smallest absolute Gasteiger partial charge is 0.264 e. The number of hydrogen-bond donors (Lipinski definition) is 2. The summed E-state index contributed by atoms with van der Waals surface area (Å²) < 4.78 is 0. The predicted molar refractivity (Wildman–Crippen MR) is 107 cm³/mol. The van der Waals surface area contributed by atoms with Crippen LogP contribution in [0.4, 0.5) is 5.69 Å². The Morgan fingerprint density at radius 2 is 1.70 bits per heavy atom. The summed E-state index contributed by atoms with van der Waals surface area (Å²) in [5.74, 6) is 0.0709. The quantitative estimate of drug-likeness (QED) is 0.881. The van der Waals surface area contributed by atoms with E-state index >= 15 is 0 Å². The Hall–Kier alpha value is -2.33. The number of nitrogens with two attached hydrogens (primary N) is 1. The monoisotopic (exact) mass is 361 g/mol. The molecule has 2 aliphatic heterocycles. The molecular formula is C23H27N3O. The minimum Gasteiger partial charge on any atom is -0.359 e. The van der Waals surface area contributed by atoms with Crippen molar-refractivity contribution in [3.8, 4) is 0 Å². The van der Waals surface area contributed by atoms with Crippen LogP contribution in [-0.4, -0.2) is 29.1 Å². The van der Waals surface area contributed by atoms with Crippen molar-refractivity contribution in [2.75, 3.05) is 11.9 Å². The number of amides is 1. The largest absolute Gasteiger partial charge is 0.359 e. The molecule has 2 atom stereocenters. The van der Waals surface area contributed by atoms with Gasteiger partial charge in [0, 0.05) is 18.3 Å². The van der Waals surface area contributed by atoms with Crippen molar-refractivity contribution >= 4 is 11.6 Å². The van der Waals surface area contributed by atoms with Crippen LogP contribution in [0.1, 0.15) is 43.2 Å². The second kappa shape index (κ2) is 6.10. The van der Waals surface area contributed by atoms with Gasteiger partial charge in [0.25, 0.3) is 5.91 Å². The molecule has 140 valence electrons. The summed E-state index contributed by atoms with van der Waals surface area (Å²) in [5.41, 5.74) is 8.86. The van der Waals surface area contributed by atoms with E-state index in [0.29, 0.717) is 12.6 Å². The van der Waals surface area contributed by atoms with E-state index in [1.807, 2.05) is 18.2 Å². The number of likely N-dealkylation sites (tertiary alicyclic amines) is 1. The van der Waals surface area contributed by atoms with E-state index in [-0.39, 0.29) is 5.91 Å². The number of carbonyl (C=O) groups excluding carboxylic acids is 1. The van der Waals surface area contributed by atoms with Crippen molar-refractivity contribution in [1.29, 1.82) is 0 Å². The van der Waals surface area contributed by atoms with Crippen molar-refractivity contribution in [1.82, 2.24) is 4.90 Å². The van der Waals surface area contributed by atoms with E-state index in [1.54, 1.807) is 0 Å². The molecule has 3 aliphatic rings. The van der Waals surface area contributed by atoms with E-state index in [4.69, 9.17) is 5.73 Å². The third kappa shape index (κ3) is 2.36. The molecule has 1 saturated carbocycles. The second-order valence-electron chi connectivity index (χ2n) is 8.45.